The predicted octanol–water partition coefficient (Wildman–Crippen LogP) is 2.82. The molecule has 17 heavy (non-hydrogen) atoms. The lowest BCUT2D eigenvalue weighted by Gasteiger charge is -2.05. The molecule has 0 aromatic heterocycles. The molecule has 0 spiro atoms. The molecule has 0 aliphatic heterocycles. The summed E-state index contributed by atoms with van der Waals surface area (Å²) in [5, 5.41) is 3.97. The van der Waals surface area contributed by atoms with Gasteiger partial charge in [-0.25, -0.2) is 5.43 Å². The molecule has 0 fully saturated rings. The van der Waals surface area contributed by atoms with Crippen LogP contribution in [0.15, 0.2) is 23.3 Å². The van der Waals surface area contributed by atoms with E-state index in [-0.39, 0.29) is 5.91 Å². The Bertz CT molecular complexity index is 444. The fraction of sp³-hybridized carbons (Fsp3) is 0.333. The molecule has 0 aliphatic carbocycles. The third kappa shape index (κ3) is 3.99. The van der Waals surface area contributed by atoms with E-state index in [2.05, 4.69) is 33.1 Å². The van der Waals surface area contributed by atoms with Gasteiger partial charge in [-0.1, -0.05) is 6.92 Å². The first-order valence-electron chi connectivity index (χ1n) is 5.25. The SMILES string of the molecule is CCC(C)=NNC(=O)c1ccc(OC)c(I)c1. The van der Waals surface area contributed by atoms with Gasteiger partial charge in [-0.05, 0) is 54.1 Å². The minimum atomic E-state index is -0.210. The maximum absolute atomic E-state index is 11.8. The molecule has 0 heterocycles. The molecule has 1 aromatic carbocycles. The van der Waals surface area contributed by atoms with Crippen molar-refractivity contribution < 1.29 is 9.53 Å². The van der Waals surface area contributed by atoms with Gasteiger partial charge >= 0.3 is 0 Å². The molecule has 0 saturated heterocycles. The number of carbonyl (C=O) groups is 1. The lowest BCUT2D eigenvalue weighted by Crippen LogP contribution is -2.19. The van der Waals surface area contributed by atoms with E-state index in [1.807, 2.05) is 13.8 Å². The number of rotatable bonds is 4. The first-order valence-corrected chi connectivity index (χ1v) is 6.33. The number of methoxy groups -OCH3 is 1. The van der Waals surface area contributed by atoms with E-state index in [1.54, 1.807) is 25.3 Å². The average molecular weight is 346 g/mol. The highest BCUT2D eigenvalue weighted by atomic mass is 127. The van der Waals surface area contributed by atoms with Crippen molar-refractivity contribution in [3.63, 3.8) is 0 Å². The lowest BCUT2D eigenvalue weighted by atomic mass is 10.2. The molecule has 4 nitrogen and oxygen atoms in total. The van der Waals surface area contributed by atoms with Gasteiger partial charge < -0.3 is 4.74 Å². The number of hydrazone groups is 1. The minimum Gasteiger partial charge on any atom is -0.496 e. The topological polar surface area (TPSA) is 50.7 Å². The fourth-order valence-corrected chi connectivity index (χ4v) is 1.83. The zero-order valence-corrected chi connectivity index (χ0v) is 12.2. The highest BCUT2D eigenvalue weighted by Crippen LogP contribution is 2.21. The summed E-state index contributed by atoms with van der Waals surface area (Å²) in [6.07, 6.45) is 0.820. The van der Waals surface area contributed by atoms with Gasteiger partial charge in [0.05, 0.1) is 10.7 Å². The Morgan fingerprint density at radius 1 is 1.53 bits per heavy atom. The summed E-state index contributed by atoms with van der Waals surface area (Å²) >= 11 is 2.13. The second-order valence-electron chi connectivity index (χ2n) is 3.49. The third-order valence-electron chi connectivity index (χ3n) is 2.27. The molecule has 0 bridgehead atoms. The fourth-order valence-electron chi connectivity index (χ4n) is 1.10. The molecule has 0 radical (unpaired) electrons. The van der Waals surface area contributed by atoms with Gasteiger partial charge in [0.15, 0.2) is 0 Å². The molecule has 0 atom stereocenters. The highest BCUT2D eigenvalue weighted by molar-refractivity contribution is 14.1. The van der Waals surface area contributed by atoms with Crippen LogP contribution in [0.25, 0.3) is 0 Å². The quantitative estimate of drug-likeness (QED) is 0.518. The molecule has 0 aliphatic rings. The average Bonchev–Trinajstić information content (AvgIpc) is 2.35. The van der Waals surface area contributed by atoms with Crippen molar-refractivity contribution in [1.29, 1.82) is 0 Å². The lowest BCUT2D eigenvalue weighted by molar-refractivity contribution is 0.0954. The Labute approximate surface area is 115 Å². The summed E-state index contributed by atoms with van der Waals surface area (Å²) in [5.74, 6) is 0.550. The van der Waals surface area contributed by atoms with Crippen LogP contribution in [0.1, 0.15) is 30.6 Å². The second-order valence-corrected chi connectivity index (χ2v) is 4.65. The summed E-state index contributed by atoms with van der Waals surface area (Å²) in [6, 6.07) is 5.26. The molecule has 1 rings (SSSR count). The van der Waals surface area contributed by atoms with Gasteiger partial charge in [-0.2, -0.15) is 5.10 Å². The van der Waals surface area contributed by atoms with E-state index in [4.69, 9.17) is 4.74 Å². The number of nitrogens with one attached hydrogen (secondary N) is 1. The number of ether oxygens (including phenoxy) is 1. The van der Waals surface area contributed by atoms with Crippen LogP contribution in [0.3, 0.4) is 0 Å². The summed E-state index contributed by atoms with van der Waals surface area (Å²) in [5.41, 5.74) is 3.98. The summed E-state index contributed by atoms with van der Waals surface area (Å²) in [4.78, 5) is 11.8. The minimum absolute atomic E-state index is 0.210. The molecule has 1 aromatic rings. The van der Waals surface area contributed by atoms with Gasteiger partial charge in [0.2, 0.25) is 0 Å². The van der Waals surface area contributed by atoms with Gasteiger partial charge in [0, 0.05) is 11.3 Å². The maximum Gasteiger partial charge on any atom is 0.271 e. The third-order valence-corrected chi connectivity index (χ3v) is 3.12. The van der Waals surface area contributed by atoms with Crippen LogP contribution in [0.2, 0.25) is 0 Å². The Morgan fingerprint density at radius 3 is 2.76 bits per heavy atom. The van der Waals surface area contributed by atoms with Gasteiger partial charge in [0.25, 0.3) is 5.91 Å². The maximum atomic E-state index is 11.8. The van der Waals surface area contributed by atoms with Crippen LogP contribution in [-0.2, 0) is 0 Å². The van der Waals surface area contributed by atoms with Crippen LogP contribution < -0.4 is 10.2 Å². The van der Waals surface area contributed by atoms with Gasteiger partial charge in [-0.15, -0.1) is 0 Å². The standard InChI is InChI=1S/C12H15IN2O2/c1-4-8(2)14-15-12(16)9-5-6-11(17-3)10(13)7-9/h5-7H,4H2,1-3H3,(H,15,16). The highest BCUT2D eigenvalue weighted by Gasteiger charge is 2.07. The van der Waals surface area contributed by atoms with Crippen LogP contribution in [0.5, 0.6) is 5.75 Å². The molecule has 0 unspecified atom stereocenters. The number of amides is 1. The van der Waals surface area contributed by atoms with Crippen molar-refractivity contribution >= 4 is 34.2 Å². The normalized spacial score (nSPS) is 11.2. The second kappa shape index (κ2) is 6.58. The molecule has 92 valence electrons. The van der Waals surface area contributed by atoms with E-state index in [9.17, 15) is 4.79 Å². The van der Waals surface area contributed by atoms with Crippen LogP contribution in [0, 0.1) is 3.57 Å². The van der Waals surface area contributed by atoms with E-state index in [1.165, 1.54) is 0 Å². The number of benzene rings is 1. The first-order chi connectivity index (χ1) is 8.08. The van der Waals surface area contributed by atoms with Crippen molar-refractivity contribution in [1.82, 2.24) is 5.43 Å². The summed E-state index contributed by atoms with van der Waals surface area (Å²) in [7, 11) is 1.60. The zero-order chi connectivity index (χ0) is 12.8. The van der Waals surface area contributed by atoms with Gasteiger partial charge in [-0.3, -0.25) is 4.79 Å². The molecule has 1 amide bonds. The summed E-state index contributed by atoms with van der Waals surface area (Å²) in [6.45, 7) is 3.86. The Hall–Kier alpha value is -1.11. The van der Waals surface area contributed by atoms with Crippen molar-refractivity contribution in [2.45, 2.75) is 20.3 Å². The largest absolute Gasteiger partial charge is 0.496 e. The Morgan fingerprint density at radius 2 is 2.24 bits per heavy atom. The van der Waals surface area contributed by atoms with E-state index in [0.29, 0.717) is 5.56 Å². The van der Waals surface area contributed by atoms with Crippen molar-refractivity contribution in [3.05, 3.63) is 27.3 Å². The number of halogens is 1. The Balaban J connectivity index is 2.80. The molecule has 1 N–H and O–H groups in total. The monoisotopic (exact) mass is 346 g/mol. The van der Waals surface area contributed by atoms with E-state index in [0.717, 1.165) is 21.5 Å². The molecular weight excluding hydrogens is 331 g/mol. The van der Waals surface area contributed by atoms with Crippen molar-refractivity contribution in [2.24, 2.45) is 5.10 Å². The smallest absolute Gasteiger partial charge is 0.271 e. The predicted molar refractivity (Wildman–Crippen MR) is 76.6 cm³/mol. The molecular formula is C12H15IN2O2. The first kappa shape index (κ1) is 14.0. The molecule has 0 saturated carbocycles. The van der Waals surface area contributed by atoms with Crippen LogP contribution in [0.4, 0.5) is 0 Å². The van der Waals surface area contributed by atoms with Crippen LogP contribution >= 0.6 is 22.6 Å². The summed E-state index contributed by atoms with van der Waals surface area (Å²) < 4.78 is 6.03. The number of carbonyl (C=O) groups excluding carboxylic acids is 1. The number of nitrogens with zero attached hydrogens (tertiary/aromatic N) is 1. The number of hydrogen-bond acceptors (Lipinski definition) is 3. The zero-order valence-electron chi connectivity index (χ0n) is 10.1. The van der Waals surface area contributed by atoms with Crippen molar-refractivity contribution in [2.75, 3.05) is 7.11 Å². The Kier molecular flexibility index (Phi) is 5.40. The van der Waals surface area contributed by atoms with Gasteiger partial charge in [0.1, 0.15) is 5.75 Å². The van der Waals surface area contributed by atoms with Crippen LogP contribution in [-0.4, -0.2) is 18.7 Å². The van der Waals surface area contributed by atoms with Crippen molar-refractivity contribution in [3.8, 4) is 5.75 Å². The van der Waals surface area contributed by atoms with E-state index >= 15 is 0 Å². The van der Waals surface area contributed by atoms with E-state index < -0.39 is 0 Å². The number of hydrogen-bond donors (Lipinski definition) is 1. The molecule has 5 heteroatoms.